The number of phenols is 1. The molecule has 2 aromatic carbocycles. The van der Waals surface area contributed by atoms with E-state index in [0.29, 0.717) is 23.3 Å². The molecule has 29 heavy (non-hydrogen) atoms. The summed E-state index contributed by atoms with van der Waals surface area (Å²) in [6.07, 6.45) is 1.86. The molecule has 0 saturated carbocycles. The topological polar surface area (TPSA) is 91.3 Å². The molecular formula is C22H24O7. The molecule has 0 aliphatic carbocycles. The number of ketones is 1. The molecule has 0 bridgehead atoms. The number of rotatable bonds is 9. The predicted molar refractivity (Wildman–Crippen MR) is 108 cm³/mol. The summed E-state index contributed by atoms with van der Waals surface area (Å²) in [5, 5.41) is 9.85. The Hall–Kier alpha value is -3.48. The van der Waals surface area contributed by atoms with Crippen LogP contribution < -0.4 is 14.2 Å². The quantitative estimate of drug-likeness (QED) is 0.295. The van der Waals surface area contributed by atoms with Gasteiger partial charge in [-0.15, -0.1) is 0 Å². The summed E-state index contributed by atoms with van der Waals surface area (Å²) >= 11 is 0. The van der Waals surface area contributed by atoms with E-state index in [2.05, 4.69) is 0 Å². The number of benzene rings is 2. The van der Waals surface area contributed by atoms with E-state index in [4.69, 9.17) is 18.9 Å². The summed E-state index contributed by atoms with van der Waals surface area (Å²) in [4.78, 5) is 24.2. The van der Waals surface area contributed by atoms with Gasteiger partial charge in [0.2, 0.25) is 0 Å². The van der Waals surface area contributed by atoms with Crippen LogP contribution in [-0.4, -0.2) is 37.7 Å². The second kappa shape index (κ2) is 10.2. The summed E-state index contributed by atoms with van der Waals surface area (Å²) in [6.45, 7) is 3.56. The molecule has 0 aliphatic heterocycles. The van der Waals surface area contributed by atoms with E-state index in [0.717, 1.165) is 0 Å². The van der Waals surface area contributed by atoms with E-state index in [1.165, 1.54) is 39.4 Å². The van der Waals surface area contributed by atoms with E-state index in [1.54, 1.807) is 24.3 Å². The molecule has 0 aliphatic rings. The van der Waals surface area contributed by atoms with Gasteiger partial charge in [-0.3, -0.25) is 4.79 Å². The van der Waals surface area contributed by atoms with Crippen LogP contribution in [0.5, 0.6) is 23.0 Å². The third kappa shape index (κ3) is 5.75. The smallest absolute Gasteiger partial charge is 0.334 e. The highest BCUT2D eigenvalue weighted by molar-refractivity contribution is 5.97. The summed E-state index contributed by atoms with van der Waals surface area (Å²) in [5.41, 5.74) is 0.773. The minimum atomic E-state index is -0.596. The molecule has 1 N–H and O–H groups in total. The van der Waals surface area contributed by atoms with Crippen LogP contribution in [0.15, 0.2) is 42.5 Å². The molecule has 0 fully saturated rings. The first-order valence-electron chi connectivity index (χ1n) is 9.02. The molecule has 7 heteroatoms. The lowest BCUT2D eigenvalue weighted by Gasteiger charge is -2.15. The largest absolute Gasteiger partial charge is 0.504 e. The van der Waals surface area contributed by atoms with Crippen LogP contribution in [0.2, 0.25) is 0 Å². The number of carbonyl (C=O) groups is 2. The number of Topliss-reactive ketones (excluding diaryl/α,β-unsaturated/α-hetero) is 1. The molecule has 0 atom stereocenters. The number of hydrogen-bond donors (Lipinski definition) is 1. The van der Waals surface area contributed by atoms with Crippen LogP contribution in [0.1, 0.15) is 36.2 Å². The van der Waals surface area contributed by atoms with Crippen molar-refractivity contribution >= 4 is 17.5 Å². The predicted octanol–water partition coefficient (Wildman–Crippen LogP) is 3.99. The highest BCUT2D eigenvalue weighted by Gasteiger charge is 2.16. The van der Waals surface area contributed by atoms with Gasteiger partial charge in [-0.1, -0.05) is 6.92 Å². The average molecular weight is 400 g/mol. The molecule has 0 spiro atoms. The van der Waals surface area contributed by atoms with Crippen LogP contribution in [-0.2, 0) is 9.53 Å². The van der Waals surface area contributed by atoms with Crippen molar-refractivity contribution in [1.29, 1.82) is 0 Å². The Morgan fingerprint density at radius 1 is 1.03 bits per heavy atom. The van der Waals surface area contributed by atoms with E-state index < -0.39 is 5.97 Å². The Morgan fingerprint density at radius 2 is 1.79 bits per heavy atom. The lowest BCUT2D eigenvalue weighted by molar-refractivity contribution is -0.137. The van der Waals surface area contributed by atoms with E-state index in [-0.39, 0.29) is 35.4 Å². The van der Waals surface area contributed by atoms with Gasteiger partial charge in [-0.05, 0) is 43.7 Å². The number of ether oxygens (including phenoxy) is 4. The summed E-state index contributed by atoms with van der Waals surface area (Å²) in [5.74, 6) is 0.172. The minimum Gasteiger partial charge on any atom is -0.504 e. The molecule has 0 heterocycles. The Morgan fingerprint density at radius 3 is 2.41 bits per heavy atom. The minimum absolute atomic E-state index is 0.0602. The van der Waals surface area contributed by atoms with Gasteiger partial charge in [0.05, 0.1) is 32.5 Å². The van der Waals surface area contributed by atoms with E-state index in [1.807, 2.05) is 6.92 Å². The molecule has 0 aromatic heterocycles. The first kappa shape index (κ1) is 21.8. The molecule has 7 nitrogen and oxygen atoms in total. The van der Waals surface area contributed by atoms with Gasteiger partial charge in [-0.25, -0.2) is 4.79 Å². The van der Waals surface area contributed by atoms with Crippen molar-refractivity contribution in [2.75, 3.05) is 20.8 Å². The van der Waals surface area contributed by atoms with Crippen LogP contribution in [0, 0.1) is 0 Å². The SMILES string of the molecule is CCCOC(=O)C=C(Oc1cc(OC)ccc1C(C)=O)c1ccc(O)c(OC)c1. The standard InChI is InChI=1S/C22H24O7/c1-5-10-28-22(25)13-19(15-6-9-18(24)21(11-15)27-4)29-20-12-16(26-3)7-8-17(20)14(2)23/h6-9,11-13,24H,5,10H2,1-4H3. The fraction of sp³-hybridized carbons (Fsp3) is 0.273. The number of aromatic hydroxyl groups is 1. The second-order valence-electron chi connectivity index (χ2n) is 6.08. The van der Waals surface area contributed by atoms with Gasteiger partial charge >= 0.3 is 5.97 Å². The van der Waals surface area contributed by atoms with E-state index in [9.17, 15) is 14.7 Å². The van der Waals surface area contributed by atoms with Crippen molar-refractivity contribution in [1.82, 2.24) is 0 Å². The van der Waals surface area contributed by atoms with Crippen molar-refractivity contribution in [2.45, 2.75) is 20.3 Å². The molecule has 2 aromatic rings. The molecular weight excluding hydrogens is 376 g/mol. The summed E-state index contributed by atoms with van der Waals surface area (Å²) < 4.78 is 21.4. The monoisotopic (exact) mass is 400 g/mol. The fourth-order valence-corrected chi connectivity index (χ4v) is 2.48. The molecule has 0 amide bonds. The Kier molecular flexibility index (Phi) is 7.65. The Balaban J connectivity index is 2.53. The third-order valence-corrected chi connectivity index (χ3v) is 3.95. The van der Waals surface area contributed by atoms with Crippen molar-refractivity contribution in [3.05, 3.63) is 53.6 Å². The average Bonchev–Trinajstić information content (AvgIpc) is 2.71. The Bertz CT molecular complexity index is 915. The Labute approximate surface area is 169 Å². The number of methoxy groups -OCH3 is 2. The molecule has 0 saturated heterocycles. The lowest BCUT2D eigenvalue weighted by atomic mass is 10.1. The number of hydrogen-bond acceptors (Lipinski definition) is 7. The summed E-state index contributed by atoms with van der Waals surface area (Å²) in [6, 6.07) is 9.28. The highest BCUT2D eigenvalue weighted by Crippen LogP contribution is 2.33. The van der Waals surface area contributed by atoms with Gasteiger partial charge in [0.15, 0.2) is 17.3 Å². The number of carbonyl (C=O) groups excluding carboxylic acids is 2. The van der Waals surface area contributed by atoms with Crippen LogP contribution >= 0.6 is 0 Å². The second-order valence-corrected chi connectivity index (χ2v) is 6.08. The van der Waals surface area contributed by atoms with Crippen LogP contribution in [0.3, 0.4) is 0 Å². The van der Waals surface area contributed by atoms with Gasteiger partial charge in [0.1, 0.15) is 17.3 Å². The maximum atomic E-state index is 12.2. The fourth-order valence-electron chi connectivity index (χ4n) is 2.48. The first-order valence-corrected chi connectivity index (χ1v) is 9.02. The van der Waals surface area contributed by atoms with Crippen molar-refractivity contribution in [3.63, 3.8) is 0 Å². The molecule has 154 valence electrons. The van der Waals surface area contributed by atoms with Crippen molar-refractivity contribution in [2.24, 2.45) is 0 Å². The first-order chi connectivity index (χ1) is 13.9. The molecule has 0 unspecified atom stereocenters. The highest BCUT2D eigenvalue weighted by atomic mass is 16.5. The maximum Gasteiger partial charge on any atom is 0.334 e. The molecule has 0 radical (unpaired) electrons. The van der Waals surface area contributed by atoms with Gasteiger partial charge in [0, 0.05) is 11.6 Å². The van der Waals surface area contributed by atoms with Gasteiger partial charge in [0.25, 0.3) is 0 Å². The van der Waals surface area contributed by atoms with E-state index >= 15 is 0 Å². The van der Waals surface area contributed by atoms with Crippen molar-refractivity contribution < 1.29 is 33.6 Å². The van der Waals surface area contributed by atoms with Gasteiger partial charge in [-0.2, -0.15) is 0 Å². The third-order valence-electron chi connectivity index (χ3n) is 3.95. The van der Waals surface area contributed by atoms with Gasteiger partial charge < -0.3 is 24.1 Å². The zero-order valence-corrected chi connectivity index (χ0v) is 16.9. The maximum absolute atomic E-state index is 12.2. The van der Waals surface area contributed by atoms with Crippen LogP contribution in [0.4, 0.5) is 0 Å². The normalized spacial score (nSPS) is 11.0. The van der Waals surface area contributed by atoms with Crippen molar-refractivity contribution in [3.8, 4) is 23.0 Å². The lowest BCUT2D eigenvalue weighted by Crippen LogP contribution is -2.07. The molecule has 2 rings (SSSR count). The summed E-state index contributed by atoms with van der Waals surface area (Å²) in [7, 11) is 2.91. The van der Waals surface area contributed by atoms with Crippen LogP contribution in [0.25, 0.3) is 5.76 Å². The number of esters is 1. The zero-order chi connectivity index (χ0) is 21.4. The number of phenolic OH excluding ortho intramolecular Hbond substituents is 1. The zero-order valence-electron chi connectivity index (χ0n) is 16.9.